The first-order valence-electron chi connectivity index (χ1n) is 8.81. The lowest BCUT2D eigenvalue weighted by Gasteiger charge is -2.06. The number of hydrogen-bond acceptors (Lipinski definition) is 5. The van der Waals surface area contributed by atoms with Gasteiger partial charge in [0.05, 0.1) is 5.56 Å². The first kappa shape index (κ1) is 19.0. The molecular formula is C23H15BrO5. The Morgan fingerprint density at radius 3 is 2.38 bits per heavy atom. The molecule has 0 atom stereocenters. The summed E-state index contributed by atoms with van der Waals surface area (Å²) in [6.07, 6.45) is 0. The fraction of sp³-hybridized carbons (Fsp3) is 0.0435. The molecule has 0 unspecified atom stereocenters. The molecule has 144 valence electrons. The molecule has 1 aromatic heterocycles. The third kappa shape index (κ3) is 4.55. The van der Waals surface area contributed by atoms with E-state index >= 15 is 0 Å². The third-order valence-electron chi connectivity index (χ3n) is 4.19. The van der Waals surface area contributed by atoms with Crippen molar-refractivity contribution < 1.29 is 23.5 Å². The second kappa shape index (κ2) is 8.32. The molecule has 0 fully saturated rings. The smallest absolute Gasteiger partial charge is 0.379 e. The molecule has 5 nitrogen and oxygen atoms in total. The summed E-state index contributed by atoms with van der Waals surface area (Å²) in [6, 6.07) is 22.7. The highest BCUT2D eigenvalue weighted by atomic mass is 79.9. The first-order chi connectivity index (χ1) is 14.1. The predicted octanol–water partition coefficient (Wildman–Crippen LogP) is 5.77. The number of esters is 2. The van der Waals surface area contributed by atoms with Crippen molar-refractivity contribution in [2.75, 3.05) is 0 Å². The van der Waals surface area contributed by atoms with Crippen LogP contribution < -0.4 is 4.74 Å². The maximum Gasteiger partial charge on any atom is 0.379 e. The maximum absolute atomic E-state index is 12.3. The Balaban J connectivity index is 1.39. The summed E-state index contributed by atoms with van der Waals surface area (Å²) >= 11 is 3.38. The summed E-state index contributed by atoms with van der Waals surface area (Å²) in [4.78, 5) is 24.5. The fourth-order valence-electron chi connectivity index (χ4n) is 2.74. The molecule has 0 amide bonds. The zero-order chi connectivity index (χ0) is 20.2. The minimum absolute atomic E-state index is 0.101. The molecule has 4 aromatic rings. The SMILES string of the molecule is O=C(OCc1ccccc1)c1ccc(OC(=O)c2cc3cc(Br)ccc3o2)cc1. The number of rotatable bonds is 5. The van der Waals surface area contributed by atoms with Gasteiger partial charge in [-0.1, -0.05) is 46.3 Å². The van der Waals surface area contributed by atoms with Gasteiger partial charge in [0.1, 0.15) is 17.9 Å². The van der Waals surface area contributed by atoms with Crippen molar-refractivity contribution in [3.63, 3.8) is 0 Å². The average molecular weight is 451 g/mol. The molecule has 29 heavy (non-hydrogen) atoms. The highest BCUT2D eigenvalue weighted by Crippen LogP contribution is 2.24. The Hall–Kier alpha value is -3.38. The highest BCUT2D eigenvalue weighted by molar-refractivity contribution is 9.10. The Kier molecular flexibility index (Phi) is 5.44. The van der Waals surface area contributed by atoms with E-state index in [2.05, 4.69) is 15.9 Å². The number of carbonyl (C=O) groups excluding carboxylic acids is 2. The molecular weight excluding hydrogens is 436 g/mol. The Bertz CT molecular complexity index is 1160. The Morgan fingerprint density at radius 2 is 1.62 bits per heavy atom. The van der Waals surface area contributed by atoms with Crippen LogP contribution in [0.15, 0.2) is 87.8 Å². The molecule has 0 aliphatic rings. The highest BCUT2D eigenvalue weighted by Gasteiger charge is 2.15. The standard InChI is InChI=1S/C23H15BrO5/c24-18-8-11-20-17(12-18)13-21(29-20)23(26)28-19-9-6-16(7-10-19)22(25)27-14-15-4-2-1-3-5-15/h1-13H,14H2. The number of ether oxygens (including phenoxy) is 2. The van der Waals surface area contributed by atoms with Gasteiger partial charge in [0.2, 0.25) is 5.76 Å². The van der Waals surface area contributed by atoms with Gasteiger partial charge in [-0.05, 0) is 54.1 Å². The van der Waals surface area contributed by atoms with Gasteiger partial charge < -0.3 is 13.9 Å². The van der Waals surface area contributed by atoms with E-state index in [0.717, 1.165) is 15.4 Å². The third-order valence-corrected chi connectivity index (χ3v) is 4.69. The summed E-state index contributed by atoms with van der Waals surface area (Å²) in [5, 5.41) is 0.794. The van der Waals surface area contributed by atoms with E-state index in [1.54, 1.807) is 24.3 Å². The lowest BCUT2D eigenvalue weighted by atomic mass is 10.2. The Morgan fingerprint density at radius 1 is 0.862 bits per heavy atom. The molecule has 3 aromatic carbocycles. The van der Waals surface area contributed by atoms with Crippen LogP contribution in [0.2, 0.25) is 0 Å². The molecule has 0 aliphatic carbocycles. The van der Waals surface area contributed by atoms with Crippen molar-refractivity contribution in [1.82, 2.24) is 0 Å². The molecule has 0 saturated heterocycles. The molecule has 0 aliphatic heterocycles. The van der Waals surface area contributed by atoms with Gasteiger partial charge in [0.15, 0.2) is 0 Å². The molecule has 0 bridgehead atoms. The van der Waals surface area contributed by atoms with Crippen LogP contribution in [-0.2, 0) is 11.3 Å². The van der Waals surface area contributed by atoms with E-state index in [-0.39, 0.29) is 12.4 Å². The van der Waals surface area contributed by atoms with Gasteiger partial charge in [-0.2, -0.15) is 0 Å². The van der Waals surface area contributed by atoms with E-state index in [0.29, 0.717) is 16.9 Å². The van der Waals surface area contributed by atoms with E-state index in [1.165, 1.54) is 12.1 Å². The molecule has 0 radical (unpaired) electrons. The molecule has 0 spiro atoms. The maximum atomic E-state index is 12.3. The quantitative estimate of drug-likeness (QED) is 0.285. The first-order valence-corrected chi connectivity index (χ1v) is 9.60. The zero-order valence-corrected chi connectivity index (χ0v) is 16.7. The largest absolute Gasteiger partial charge is 0.457 e. The average Bonchev–Trinajstić information content (AvgIpc) is 3.17. The summed E-state index contributed by atoms with van der Waals surface area (Å²) in [5.41, 5.74) is 1.87. The van der Waals surface area contributed by atoms with Crippen molar-refractivity contribution in [1.29, 1.82) is 0 Å². The van der Waals surface area contributed by atoms with Crippen molar-refractivity contribution in [2.24, 2.45) is 0 Å². The van der Waals surface area contributed by atoms with Crippen LogP contribution in [0.5, 0.6) is 5.75 Å². The minimum atomic E-state index is -0.614. The van der Waals surface area contributed by atoms with Crippen molar-refractivity contribution in [3.05, 3.63) is 100 Å². The van der Waals surface area contributed by atoms with Crippen LogP contribution in [0.1, 0.15) is 26.5 Å². The fourth-order valence-corrected chi connectivity index (χ4v) is 3.12. The number of hydrogen-bond donors (Lipinski definition) is 0. The van der Waals surface area contributed by atoms with Crippen LogP contribution in [-0.4, -0.2) is 11.9 Å². The second-order valence-corrected chi connectivity index (χ2v) is 7.18. The van der Waals surface area contributed by atoms with Gasteiger partial charge in [-0.15, -0.1) is 0 Å². The summed E-state index contributed by atoms with van der Waals surface area (Å²) in [6.45, 7) is 0.193. The lowest BCUT2D eigenvalue weighted by Crippen LogP contribution is -2.08. The van der Waals surface area contributed by atoms with E-state index in [9.17, 15) is 9.59 Å². The number of carbonyl (C=O) groups is 2. The van der Waals surface area contributed by atoms with Crippen molar-refractivity contribution >= 4 is 38.8 Å². The normalized spacial score (nSPS) is 10.7. The summed E-state index contributed by atoms with van der Waals surface area (Å²) in [5.74, 6) is -0.660. The number of furan rings is 1. The van der Waals surface area contributed by atoms with Gasteiger partial charge in [-0.25, -0.2) is 9.59 Å². The van der Waals surface area contributed by atoms with Gasteiger partial charge in [0.25, 0.3) is 0 Å². The van der Waals surface area contributed by atoms with Crippen LogP contribution in [0.3, 0.4) is 0 Å². The number of fused-ring (bicyclic) bond motifs is 1. The van der Waals surface area contributed by atoms with Gasteiger partial charge in [-0.3, -0.25) is 0 Å². The van der Waals surface area contributed by atoms with Gasteiger partial charge >= 0.3 is 11.9 Å². The lowest BCUT2D eigenvalue weighted by molar-refractivity contribution is 0.0472. The van der Waals surface area contributed by atoms with Crippen LogP contribution >= 0.6 is 15.9 Å². The van der Waals surface area contributed by atoms with Crippen LogP contribution in [0.25, 0.3) is 11.0 Å². The molecule has 6 heteroatoms. The molecule has 0 saturated carbocycles. The summed E-state index contributed by atoms with van der Waals surface area (Å²) in [7, 11) is 0. The van der Waals surface area contributed by atoms with Crippen molar-refractivity contribution in [3.8, 4) is 5.75 Å². The molecule has 1 heterocycles. The predicted molar refractivity (Wildman–Crippen MR) is 111 cm³/mol. The molecule has 4 rings (SSSR count). The topological polar surface area (TPSA) is 65.7 Å². The monoisotopic (exact) mass is 450 g/mol. The zero-order valence-electron chi connectivity index (χ0n) is 15.1. The molecule has 0 N–H and O–H groups in total. The number of benzene rings is 3. The van der Waals surface area contributed by atoms with Crippen LogP contribution in [0.4, 0.5) is 0 Å². The second-order valence-electron chi connectivity index (χ2n) is 6.27. The number of halogens is 1. The van der Waals surface area contributed by atoms with Crippen molar-refractivity contribution in [2.45, 2.75) is 6.61 Å². The van der Waals surface area contributed by atoms with Gasteiger partial charge in [0, 0.05) is 9.86 Å². The van der Waals surface area contributed by atoms with E-state index in [1.807, 2.05) is 42.5 Å². The minimum Gasteiger partial charge on any atom is -0.457 e. The van der Waals surface area contributed by atoms with E-state index in [4.69, 9.17) is 13.9 Å². The Labute approximate surface area is 175 Å². The van der Waals surface area contributed by atoms with Crippen LogP contribution in [0, 0.1) is 0 Å². The van der Waals surface area contributed by atoms with E-state index < -0.39 is 11.9 Å². The summed E-state index contributed by atoms with van der Waals surface area (Å²) < 4.78 is 17.0.